The second kappa shape index (κ2) is 25.5. The molecule has 0 N–H and O–H groups in total. The number of likely N-dealkylation sites (tertiary alicyclic amines) is 1. The second-order valence-electron chi connectivity index (χ2n) is 19.2. The van der Waals surface area contributed by atoms with Gasteiger partial charge in [0.25, 0.3) is 0 Å². The summed E-state index contributed by atoms with van der Waals surface area (Å²) in [5.41, 5.74) is 3.40. The molecule has 1 aliphatic rings. The van der Waals surface area contributed by atoms with Crippen molar-refractivity contribution in [2.75, 3.05) is 41.9 Å². The van der Waals surface area contributed by atoms with E-state index in [1.807, 2.05) is 95.8 Å². The third-order valence-corrected chi connectivity index (χ3v) is 13.6. The summed E-state index contributed by atoms with van der Waals surface area (Å²) in [6.45, 7) is 16.7. The highest BCUT2D eigenvalue weighted by Crippen LogP contribution is 2.32. The van der Waals surface area contributed by atoms with Gasteiger partial charge in [-0.05, 0) is 81.5 Å². The normalized spacial score (nSPS) is 18.3. The van der Waals surface area contributed by atoms with Crippen molar-refractivity contribution in [3.63, 3.8) is 0 Å². The van der Waals surface area contributed by atoms with E-state index in [0.717, 1.165) is 24.0 Å². The summed E-state index contributed by atoms with van der Waals surface area (Å²) in [5, 5.41) is 0. The summed E-state index contributed by atoms with van der Waals surface area (Å²) in [7, 11) is 8.80. The molecule has 9 atom stereocenters. The smallest absolute Gasteiger partial charge is 0.226 e. The molecule has 0 saturated carbocycles. The molecule has 0 radical (unpaired) electrons. The number of benzene rings is 2. The average molecular weight is 860 g/mol. The summed E-state index contributed by atoms with van der Waals surface area (Å²) >= 11 is 0. The lowest BCUT2D eigenvalue weighted by Crippen LogP contribution is -2.54. The van der Waals surface area contributed by atoms with Crippen LogP contribution in [0.3, 0.4) is 0 Å². The number of nitrogens with zero attached hydrogens (tertiary/aromatic N) is 3. The van der Waals surface area contributed by atoms with Gasteiger partial charge >= 0.3 is 0 Å². The van der Waals surface area contributed by atoms with Crippen LogP contribution in [-0.2, 0) is 46.3 Å². The maximum Gasteiger partial charge on any atom is 0.226 e. The number of ether oxygens (including phenoxy) is 2. The summed E-state index contributed by atoms with van der Waals surface area (Å²) in [5.74, 6) is -1.11. The van der Waals surface area contributed by atoms with Gasteiger partial charge in [-0.1, -0.05) is 115 Å². The number of Topliss-reactive ketones (excluding diaryl/α,β-unsaturated/α-hetero) is 3. The number of carbonyl (C=O) groups excluding carboxylic acids is 5. The molecule has 1 saturated heterocycles. The molecule has 0 aromatic heterocycles. The molecular weight excluding hydrogens is 779 g/mol. The zero-order valence-electron chi connectivity index (χ0n) is 40.5. The fourth-order valence-electron chi connectivity index (χ4n) is 9.90. The van der Waals surface area contributed by atoms with E-state index in [1.54, 1.807) is 26.2 Å². The Hall–Kier alpha value is -3.73. The lowest BCUT2D eigenvalue weighted by molar-refractivity contribution is -0.149. The van der Waals surface area contributed by atoms with E-state index in [1.165, 1.54) is 5.56 Å². The molecule has 10 nitrogen and oxygen atoms in total. The van der Waals surface area contributed by atoms with Crippen LogP contribution in [-0.4, -0.2) is 116 Å². The third-order valence-electron chi connectivity index (χ3n) is 13.6. The van der Waals surface area contributed by atoms with Gasteiger partial charge in [-0.2, -0.15) is 0 Å². The topological polar surface area (TPSA) is 114 Å². The van der Waals surface area contributed by atoms with E-state index in [-0.39, 0.29) is 84.2 Å². The zero-order valence-corrected chi connectivity index (χ0v) is 40.5. The van der Waals surface area contributed by atoms with Gasteiger partial charge in [0.1, 0.15) is 11.6 Å². The number of methoxy groups -OCH3 is 2. The van der Waals surface area contributed by atoms with Gasteiger partial charge in [0, 0.05) is 65.3 Å². The molecule has 2 amide bonds. The Labute approximate surface area is 374 Å². The number of ketones is 3. The van der Waals surface area contributed by atoms with Crippen LogP contribution in [0.15, 0.2) is 54.6 Å². The van der Waals surface area contributed by atoms with Gasteiger partial charge in [-0.15, -0.1) is 0 Å². The lowest BCUT2D eigenvalue weighted by Gasteiger charge is -2.41. The molecule has 1 fully saturated rings. The van der Waals surface area contributed by atoms with Gasteiger partial charge in [0.05, 0.1) is 36.8 Å². The Morgan fingerprint density at radius 1 is 0.774 bits per heavy atom. The maximum atomic E-state index is 14.4. The number of likely N-dealkylation sites (N-methyl/N-ethyl adjacent to an activating group) is 2. The first-order valence-corrected chi connectivity index (χ1v) is 23.3. The SMILES string of the molecule is CC[C@H](C)[C@@H]([C@@H](CC(=O)N1CCC[C@H]1[C@H](OC)[C@@H](C)C(=O)CC(CC(=O)CCc1ccc(C)cc1)Cc1ccccc1)OC)N(C)C(=O)[C@@H](CC(=O)[C@H](C(C)C)N(C)C)C(C)C. The molecule has 0 spiro atoms. The van der Waals surface area contributed by atoms with E-state index >= 15 is 0 Å². The van der Waals surface area contributed by atoms with Crippen LogP contribution in [0.2, 0.25) is 0 Å². The highest BCUT2D eigenvalue weighted by molar-refractivity contribution is 5.90. The highest BCUT2D eigenvalue weighted by Gasteiger charge is 2.43. The Morgan fingerprint density at radius 3 is 1.97 bits per heavy atom. The van der Waals surface area contributed by atoms with Crippen molar-refractivity contribution in [3.8, 4) is 0 Å². The molecule has 1 aliphatic heterocycles. The Morgan fingerprint density at radius 2 is 1.42 bits per heavy atom. The largest absolute Gasteiger partial charge is 0.379 e. The fraction of sp³-hybridized carbons (Fsp3) is 0.673. The van der Waals surface area contributed by atoms with Crippen molar-refractivity contribution < 1.29 is 33.4 Å². The Kier molecular flexibility index (Phi) is 21.7. The van der Waals surface area contributed by atoms with Gasteiger partial charge in [-0.3, -0.25) is 28.9 Å². The first-order chi connectivity index (χ1) is 29.3. The van der Waals surface area contributed by atoms with Crippen LogP contribution in [0, 0.1) is 42.4 Å². The van der Waals surface area contributed by atoms with Crippen molar-refractivity contribution in [1.82, 2.24) is 14.7 Å². The molecule has 2 aromatic carbocycles. The summed E-state index contributed by atoms with van der Waals surface area (Å²) in [6.07, 6.45) is 3.61. The van der Waals surface area contributed by atoms with Crippen LogP contribution in [0.5, 0.6) is 0 Å². The Balaban J connectivity index is 1.77. The van der Waals surface area contributed by atoms with Crippen molar-refractivity contribution in [2.24, 2.45) is 35.5 Å². The van der Waals surface area contributed by atoms with Crippen LogP contribution in [0.1, 0.15) is 117 Å². The molecule has 10 heteroatoms. The van der Waals surface area contributed by atoms with Crippen LogP contribution in [0.4, 0.5) is 0 Å². The van der Waals surface area contributed by atoms with Crippen molar-refractivity contribution in [3.05, 3.63) is 71.3 Å². The molecule has 2 aromatic rings. The molecule has 1 heterocycles. The monoisotopic (exact) mass is 860 g/mol. The predicted molar refractivity (Wildman–Crippen MR) is 249 cm³/mol. The summed E-state index contributed by atoms with van der Waals surface area (Å²) in [4.78, 5) is 75.6. The number of hydrogen-bond acceptors (Lipinski definition) is 8. The lowest BCUT2D eigenvalue weighted by atomic mass is 9.83. The van der Waals surface area contributed by atoms with Gasteiger partial charge in [0.15, 0.2) is 5.78 Å². The summed E-state index contributed by atoms with van der Waals surface area (Å²) in [6, 6.07) is 17.3. The van der Waals surface area contributed by atoms with Crippen LogP contribution in [0.25, 0.3) is 0 Å². The van der Waals surface area contributed by atoms with E-state index in [0.29, 0.717) is 38.6 Å². The molecule has 3 rings (SSSR count). The minimum atomic E-state index is -0.594. The number of amides is 2. The second-order valence-corrected chi connectivity index (χ2v) is 19.2. The van der Waals surface area contributed by atoms with Gasteiger partial charge in [0.2, 0.25) is 11.8 Å². The number of carbonyl (C=O) groups is 5. The minimum Gasteiger partial charge on any atom is -0.379 e. The number of aryl methyl sites for hydroxylation is 2. The van der Waals surface area contributed by atoms with E-state index in [4.69, 9.17) is 9.47 Å². The Bertz CT molecular complexity index is 1700. The highest BCUT2D eigenvalue weighted by atomic mass is 16.5. The number of rotatable bonds is 27. The first-order valence-electron chi connectivity index (χ1n) is 23.3. The third kappa shape index (κ3) is 14.9. The van der Waals surface area contributed by atoms with Crippen LogP contribution >= 0.6 is 0 Å². The number of hydrogen-bond donors (Lipinski definition) is 0. The molecular formula is C52H81N3O7. The van der Waals surface area contributed by atoms with Crippen molar-refractivity contribution in [2.45, 2.75) is 150 Å². The average Bonchev–Trinajstić information content (AvgIpc) is 3.71. The van der Waals surface area contributed by atoms with Gasteiger partial charge < -0.3 is 19.3 Å². The molecule has 0 aliphatic carbocycles. The van der Waals surface area contributed by atoms with Crippen molar-refractivity contribution in [1.29, 1.82) is 0 Å². The quantitative estimate of drug-likeness (QED) is 0.0881. The predicted octanol–water partition coefficient (Wildman–Crippen LogP) is 8.44. The molecule has 346 valence electrons. The van der Waals surface area contributed by atoms with E-state index in [9.17, 15) is 24.0 Å². The molecule has 0 bridgehead atoms. The fourth-order valence-corrected chi connectivity index (χ4v) is 9.90. The standard InChI is InChI=1S/C52H81N3O7/c1-14-37(7)50(54(11)52(60)43(34(2)3)32-46(58)49(35(4)5)53(9)10)47(61-12)33-48(59)55-28-18-21-44(55)51(62-13)38(8)45(57)31-41(29-40-19-16-15-17-20-40)30-42(56)27-26-39-24-22-36(6)23-25-39/h15-17,19-20,22-25,34-35,37-38,41,43-44,47,49-51H,14,18,21,26-33H2,1-13H3/t37-,38-,41?,43-,44-,47+,49-,50-,51+/m0/s1. The summed E-state index contributed by atoms with van der Waals surface area (Å²) < 4.78 is 12.2. The van der Waals surface area contributed by atoms with Gasteiger partial charge in [-0.25, -0.2) is 0 Å². The first kappa shape index (κ1) is 52.6. The minimum absolute atomic E-state index is 0.00691. The van der Waals surface area contributed by atoms with Crippen LogP contribution < -0.4 is 0 Å². The molecule has 62 heavy (non-hydrogen) atoms. The van der Waals surface area contributed by atoms with Crippen molar-refractivity contribution >= 4 is 29.2 Å². The molecule has 1 unspecified atom stereocenters. The van der Waals surface area contributed by atoms with E-state index < -0.39 is 30.1 Å². The maximum absolute atomic E-state index is 14.4. The zero-order chi connectivity index (χ0) is 46.3. The van der Waals surface area contributed by atoms with E-state index in [2.05, 4.69) is 38.1 Å².